The number of carbonyl (C=O) groups excluding carboxylic acids is 1. The largest absolute Gasteiger partial charge is 0.348 e. The normalized spacial score (nSPS) is 12.6. The summed E-state index contributed by atoms with van der Waals surface area (Å²) in [5.74, 6) is 0.419. The highest BCUT2D eigenvalue weighted by molar-refractivity contribution is 14.1. The number of hydrogen-bond donors (Lipinski definition) is 1. The monoisotopic (exact) mass is 395 g/mol. The van der Waals surface area contributed by atoms with E-state index in [2.05, 4.69) is 57.7 Å². The van der Waals surface area contributed by atoms with Crippen LogP contribution in [0.3, 0.4) is 0 Å². The van der Waals surface area contributed by atoms with Crippen molar-refractivity contribution in [1.82, 2.24) is 5.32 Å². The standard InChI is InChI=1S/C12H15BrINO/c1-8(2)11(7-13)15-12(16)9-4-3-5-10(14)6-9/h3-6,8,11H,7H2,1-2H3,(H,15,16). The van der Waals surface area contributed by atoms with Crippen LogP contribution < -0.4 is 5.32 Å². The van der Waals surface area contributed by atoms with Gasteiger partial charge in [0.05, 0.1) is 0 Å². The molecule has 0 aromatic heterocycles. The van der Waals surface area contributed by atoms with Crippen LogP contribution in [-0.4, -0.2) is 17.3 Å². The smallest absolute Gasteiger partial charge is 0.251 e. The molecule has 0 radical (unpaired) electrons. The van der Waals surface area contributed by atoms with Crippen LogP contribution in [0, 0.1) is 9.49 Å². The Hall–Kier alpha value is -0.100. The molecule has 1 unspecified atom stereocenters. The van der Waals surface area contributed by atoms with E-state index >= 15 is 0 Å². The van der Waals surface area contributed by atoms with Crippen LogP contribution in [0.25, 0.3) is 0 Å². The molecule has 1 aromatic carbocycles. The first-order chi connectivity index (χ1) is 7.54. The summed E-state index contributed by atoms with van der Waals surface area (Å²) in [6, 6.07) is 7.77. The van der Waals surface area contributed by atoms with Crippen molar-refractivity contribution in [1.29, 1.82) is 0 Å². The summed E-state index contributed by atoms with van der Waals surface area (Å²) in [6.07, 6.45) is 0. The summed E-state index contributed by atoms with van der Waals surface area (Å²) >= 11 is 5.62. The van der Waals surface area contributed by atoms with Gasteiger partial charge in [0.25, 0.3) is 5.91 Å². The number of hydrogen-bond acceptors (Lipinski definition) is 1. The van der Waals surface area contributed by atoms with E-state index in [0.717, 1.165) is 14.5 Å². The van der Waals surface area contributed by atoms with Crippen LogP contribution in [0.2, 0.25) is 0 Å². The first-order valence-corrected chi connectivity index (χ1v) is 7.37. The molecule has 2 nitrogen and oxygen atoms in total. The summed E-state index contributed by atoms with van der Waals surface area (Å²) < 4.78 is 1.07. The van der Waals surface area contributed by atoms with Gasteiger partial charge in [0.1, 0.15) is 0 Å². The number of alkyl halides is 1. The molecule has 0 heterocycles. The van der Waals surface area contributed by atoms with Crippen LogP contribution >= 0.6 is 38.5 Å². The Balaban J connectivity index is 2.72. The summed E-state index contributed by atoms with van der Waals surface area (Å²) in [5.41, 5.74) is 0.721. The van der Waals surface area contributed by atoms with Crippen molar-refractivity contribution in [3.63, 3.8) is 0 Å². The Morgan fingerprint density at radius 3 is 2.69 bits per heavy atom. The Bertz CT molecular complexity index is 368. The van der Waals surface area contributed by atoms with E-state index in [1.54, 1.807) is 0 Å². The molecule has 0 aliphatic carbocycles. The first kappa shape index (κ1) is 14.0. The molecule has 4 heteroatoms. The number of rotatable bonds is 4. The molecule has 0 spiro atoms. The second-order valence-electron chi connectivity index (χ2n) is 3.99. The van der Waals surface area contributed by atoms with Gasteiger partial charge in [-0.3, -0.25) is 4.79 Å². The predicted molar refractivity (Wildman–Crippen MR) is 79.0 cm³/mol. The van der Waals surface area contributed by atoms with Crippen molar-refractivity contribution in [2.45, 2.75) is 19.9 Å². The minimum absolute atomic E-state index is 0.00309. The molecule has 0 saturated heterocycles. The fourth-order valence-electron chi connectivity index (χ4n) is 1.26. The van der Waals surface area contributed by atoms with Crippen LogP contribution in [0.4, 0.5) is 0 Å². The van der Waals surface area contributed by atoms with Gasteiger partial charge >= 0.3 is 0 Å². The summed E-state index contributed by atoms with van der Waals surface area (Å²) in [4.78, 5) is 11.9. The molecule has 1 rings (SSSR count). The van der Waals surface area contributed by atoms with E-state index in [4.69, 9.17) is 0 Å². The Morgan fingerprint density at radius 2 is 2.19 bits per heavy atom. The highest BCUT2D eigenvalue weighted by atomic mass is 127. The molecule has 1 atom stereocenters. The van der Waals surface area contributed by atoms with Crippen molar-refractivity contribution in [3.8, 4) is 0 Å². The van der Waals surface area contributed by atoms with Gasteiger partial charge in [-0.05, 0) is 46.7 Å². The topological polar surface area (TPSA) is 29.1 Å². The molecule has 16 heavy (non-hydrogen) atoms. The van der Waals surface area contributed by atoms with Gasteiger partial charge < -0.3 is 5.32 Å². The van der Waals surface area contributed by atoms with E-state index in [0.29, 0.717) is 5.92 Å². The highest BCUT2D eigenvalue weighted by Crippen LogP contribution is 2.10. The zero-order valence-electron chi connectivity index (χ0n) is 9.34. The van der Waals surface area contributed by atoms with E-state index in [1.807, 2.05) is 24.3 Å². The maximum Gasteiger partial charge on any atom is 0.251 e. The number of nitrogens with one attached hydrogen (secondary N) is 1. The van der Waals surface area contributed by atoms with Gasteiger partial charge in [-0.2, -0.15) is 0 Å². The lowest BCUT2D eigenvalue weighted by Gasteiger charge is -2.19. The van der Waals surface area contributed by atoms with Crippen molar-refractivity contribution >= 4 is 44.4 Å². The van der Waals surface area contributed by atoms with Gasteiger partial charge in [-0.1, -0.05) is 35.8 Å². The first-order valence-electron chi connectivity index (χ1n) is 5.17. The second-order valence-corrected chi connectivity index (χ2v) is 5.88. The predicted octanol–water partition coefficient (Wildman–Crippen LogP) is 3.44. The average molecular weight is 396 g/mol. The third kappa shape index (κ3) is 4.05. The third-order valence-corrected chi connectivity index (χ3v) is 3.74. The highest BCUT2D eigenvalue weighted by Gasteiger charge is 2.15. The van der Waals surface area contributed by atoms with Gasteiger partial charge in [-0.25, -0.2) is 0 Å². The molecule has 0 aliphatic heterocycles. The van der Waals surface area contributed by atoms with E-state index < -0.39 is 0 Å². The molecule has 0 saturated carbocycles. The van der Waals surface area contributed by atoms with Gasteiger partial charge in [0, 0.05) is 20.5 Å². The second kappa shape index (κ2) is 6.59. The van der Waals surface area contributed by atoms with Crippen molar-refractivity contribution in [3.05, 3.63) is 33.4 Å². The van der Waals surface area contributed by atoms with E-state index in [1.165, 1.54) is 0 Å². The van der Waals surface area contributed by atoms with E-state index in [9.17, 15) is 4.79 Å². The fourth-order valence-corrected chi connectivity index (χ4v) is 2.72. The summed E-state index contributed by atoms with van der Waals surface area (Å²) in [6.45, 7) is 4.20. The molecule has 0 aliphatic rings. The number of halogens is 2. The molecule has 0 bridgehead atoms. The minimum Gasteiger partial charge on any atom is -0.348 e. The van der Waals surface area contributed by atoms with Crippen LogP contribution in [0.15, 0.2) is 24.3 Å². The van der Waals surface area contributed by atoms with Crippen LogP contribution in [0.5, 0.6) is 0 Å². The lowest BCUT2D eigenvalue weighted by Crippen LogP contribution is -2.39. The third-order valence-electron chi connectivity index (χ3n) is 2.37. The van der Waals surface area contributed by atoms with Gasteiger partial charge in [0.15, 0.2) is 0 Å². The number of amides is 1. The van der Waals surface area contributed by atoms with Crippen molar-refractivity contribution < 1.29 is 4.79 Å². The molecule has 88 valence electrons. The SMILES string of the molecule is CC(C)C(CBr)NC(=O)c1cccc(I)c1. The molecule has 1 N–H and O–H groups in total. The Morgan fingerprint density at radius 1 is 1.50 bits per heavy atom. The maximum atomic E-state index is 11.9. The van der Waals surface area contributed by atoms with E-state index in [-0.39, 0.29) is 11.9 Å². The molecular weight excluding hydrogens is 381 g/mol. The zero-order valence-corrected chi connectivity index (χ0v) is 13.1. The molecular formula is C12H15BrINO. The zero-order chi connectivity index (χ0) is 12.1. The average Bonchev–Trinajstić information content (AvgIpc) is 2.25. The molecule has 1 amide bonds. The molecule has 0 fully saturated rings. The summed E-state index contributed by atoms with van der Waals surface area (Å²) in [5, 5.41) is 3.80. The Kier molecular flexibility index (Phi) is 5.75. The quantitative estimate of drug-likeness (QED) is 0.614. The lowest BCUT2D eigenvalue weighted by molar-refractivity contribution is 0.0931. The van der Waals surface area contributed by atoms with Crippen molar-refractivity contribution in [2.24, 2.45) is 5.92 Å². The van der Waals surface area contributed by atoms with Gasteiger partial charge in [-0.15, -0.1) is 0 Å². The Labute approximate surface area is 118 Å². The van der Waals surface area contributed by atoms with Crippen LogP contribution in [-0.2, 0) is 0 Å². The lowest BCUT2D eigenvalue weighted by atomic mass is 10.1. The van der Waals surface area contributed by atoms with Crippen molar-refractivity contribution in [2.75, 3.05) is 5.33 Å². The van der Waals surface area contributed by atoms with Gasteiger partial charge in [0.2, 0.25) is 0 Å². The minimum atomic E-state index is -0.00309. The summed E-state index contributed by atoms with van der Waals surface area (Å²) in [7, 11) is 0. The van der Waals surface area contributed by atoms with Crippen LogP contribution in [0.1, 0.15) is 24.2 Å². The fraction of sp³-hybridized carbons (Fsp3) is 0.417. The number of carbonyl (C=O) groups is 1. The number of benzene rings is 1. The maximum absolute atomic E-state index is 11.9. The molecule has 1 aromatic rings.